The highest BCUT2D eigenvalue weighted by Crippen LogP contribution is 2.14. The molecule has 0 radical (unpaired) electrons. The van der Waals surface area contributed by atoms with Gasteiger partial charge in [0.2, 0.25) is 5.96 Å². The molecule has 0 aliphatic heterocycles. The van der Waals surface area contributed by atoms with Crippen LogP contribution in [0.5, 0.6) is 0 Å². The van der Waals surface area contributed by atoms with Crippen molar-refractivity contribution in [3.05, 3.63) is 42.2 Å². The summed E-state index contributed by atoms with van der Waals surface area (Å²) in [5, 5.41) is 22.2. The molecular formula is C11H14N6O. The fourth-order valence-electron chi connectivity index (χ4n) is 1.45. The molecule has 7 heteroatoms. The fourth-order valence-corrected chi connectivity index (χ4v) is 1.45. The molecule has 0 atom stereocenters. The van der Waals surface area contributed by atoms with Gasteiger partial charge in [-0.1, -0.05) is 12.1 Å². The second kappa shape index (κ2) is 4.86. The second-order valence-electron chi connectivity index (χ2n) is 3.72. The number of hydrogen-bond acceptors (Lipinski definition) is 5. The molecule has 0 bridgehead atoms. The van der Waals surface area contributed by atoms with Crippen molar-refractivity contribution in [1.82, 2.24) is 9.78 Å². The van der Waals surface area contributed by atoms with Crippen LogP contribution < -0.4 is 16.5 Å². The number of rotatable bonds is 2. The van der Waals surface area contributed by atoms with E-state index < -0.39 is 0 Å². The predicted octanol–water partition coefficient (Wildman–Crippen LogP) is 0.603. The van der Waals surface area contributed by atoms with E-state index in [1.807, 2.05) is 0 Å². The van der Waals surface area contributed by atoms with E-state index in [1.165, 1.54) is 17.1 Å². The molecule has 0 unspecified atom stereocenters. The number of benzene rings is 1. The van der Waals surface area contributed by atoms with E-state index in [9.17, 15) is 5.21 Å². The van der Waals surface area contributed by atoms with Crippen LogP contribution in [0.3, 0.4) is 0 Å². The van der Waals surface area contributed by atoms with Gasteiger partial charge in [-0.2, -0.15) is 10.2 Å². The molecule has 0 fully saturated rings. The van der Waals surface area contributed by atoms with Gasteiger partial charge in [0.15, 0.2) is 0 Å². The predicted molar refractivity (Wildman–Crippen MR) is 68.4 cm³/mol. The average molecular weight is 246 g/mol. The highest BCUT2D eigenvalue weighted by Gasteiger charge is 2.12. The van der Waals surface area contributed by atoms with Crippen molar-refractivity contribution in [2.45, 2.75) is 6.54 Å². The van der Waals surface area contributed by atoms with Crippen molar-refractivity contribution in [2.24, 2.45) is 5.73 Å². The summed E-state index contributed by atoms with van der Waals surface area (Å²) in [6, 6.07) is 6.90. The Bertz CT molecular complexity index is 547. The van der Waals surface area contributed by atoms with Crippen molar-refractivity contribution in [3.63, 3.8) is 0 Å². The lowest BCUT2D eigenvalue weighted by Crippen LogP contribution is -2.32. The van der Waals surface area contributed by atoms with Crippen LogP contribution in [-0.2, 0) is 6.54 Å². The normalized spacial score (nSPS) is 10.3. The van der Waals surface area contributed by atoms with Gasteiger partial charge in [-0.15, -0.1) is 0 Å². The lowest BCUT2D eigenvalue weighted by molar-refractivity contribution is 0.306. The van der Waals surface area contributed by atoms with E-state index in [2.05, 4.69) is 5.10 Å². The zero-order chi connectivity index (χ0) is 13.1. The van der Waals surface area contributed by atoms with Gasteiger partial charge < -0.3 is 11.5 Å². The molecule has 2 aromatic rings. The quantitative estimate of drug-likeness (QED) is 0.351. The summed E-state index contributed by atoms with van der Waals surface area (Å²) < 4.78 is 1.17. The maximum absolute atomic E-state index is 9.89. The van der Waals surface area contributed by atoms with E-state index in [0.717, 1.165) is 5.56 Å². The second-order valence-corrected chi connectivity index (χ2v) is 3.72. The molecule has 94 valence electrons. The Morgan fingerprint density at radius 2 is 2.06 bits per heavy atom. The van der Waals surface area contributed by atoms with E-state index >= 15 is 0 Å². The lowest BCUT2D eigenvalue weighted by Gasteiger charge is -2.17. The molecule has 6 N–H and O–H groups in total. The third-order valence-corrected chi connectivity index (χ3v) is 2.44. The van der Waals surface area contributed by atoms with Crippen molar-refractivity contribution in [1.29, 1.82) is 5.41 Å². The van der Waals surface area contributed by atoms with E-state index in [4.69, 9.17) is 16.9 Å². The summed E-state index contributed by atoms with van der Waals surface area (Å²) in [6.07, 6.45) is 2.85. The summed E-state index contributed by atoms with van der Waals surface area (Å²) in [7, 11) is 0. The minimum Gasteiger partial charge on any atom is -0.396 e. The number of nitrogens with two attached hydrogens (primary N) is 2. The molecule has 0 aliphatic rings. The summed E-state index contributed by atoms with van der Waals surface area (Å²) in [5.41, 5.74) is 12.8. The topological polar surface area (TPSA) is 117 Å². The zero-order valence-corrected chi connectivity index (χ0v) is 9.61. The van der Waals surface area contributed by atoms with Crippen molar-refractivity contribution in [2.75, 3.05) is 10.8 Å². The molecular weight excluding hydrogens is 232 g/mol. The number of nitrogen functional groups attached to an aromatic ring is 1. The standard InChI is InChI=1S/C11H14N6O/c12-5-8-1-3-10(4-2-8)17(18)11(14)16-7-9(13)6-15-16/h1-4,6-7,14,18H,5,12-13H2. The zero-order valence-electron chi connectivity index (χ0n) is 9.61. The van der Waals surface area contributed by atoms with Gasteiger partial charge in [0, 0.05) is 6.54 Å². The van der Waals surface area contributed by atoms with Gasteiger partial charge in [0.1, 0.15) is 0 Å². The van der Waals surface area contributed by atoms with Crippen LogP contribution in [0.2, 0.25) is 0 Å². The fraction of sp³-hybridized carbons (Fsp3) is 0.0909. The van der Waals surface area contributed by atoms with Crippen molar-refractivity contribution < 1.29 is 5.21 Å². The minimum absolute atomic E-state index is 0.216. The van der Waals surface area contributed by atoms with Crippen LogP contribution in [0.25, 0.3) is 0 Å². The Labute approximate surface area is 104 Å². The molecule has 0 saturated heterocycles. The third-order valence-electron chi connectivity index (χ3n) is 2.44. The third kappa shape index (κ3) is 2.31. The minimum atomic E-state index is -0.216. The molecule has 2 rings (SSSR count). The van der Waals surface area contributed by atoms with Gasteiger partial charge in [0.25, 0.3) is 0 Å². The molecule has 1 aromatic carbocycles. The number of hydroxylamine groups is 1. The smallest absolute Gasteiger partial charge is 0.248 e. The molecule has 18 heavy (non-hydrogen) atoms. The van der Waals surface area contributed by atoms with Crippen LogP contribution >= 0.6 is 0 Å². The Kier molecular flexibility index (Phi) is 3.26. The monoisotopic (exact) mass is 246 g/mol. The average Bonchev–Trinajstić information content (AvgIpc) is 2.84. The SMILES string of the molecule is N=C(N(O)c1ccc(CN)cc1)n1cc(N)cn1. The largest absolute Gasteiger partial charge is 0.396 e. The van der Waals surface area contributed by atoms with Gasteiger partial charge in [-0.3, -0.25) is 10.6 Å². The maximum atomic E-state index is 9.89. The number of nitrogens with one attached hydrogen (secondary N) is 1. The highest BCUT2D eigenvalue weighted by atomic mass is 16.5. The Morgan fingerprint density at radius 1 is 1.39 bits per heavy atom. The summed E-state index contributed by atoms with van der Waals surface area (Å²) in [4.78, 5) is 0. The number of anilines is 2. The van der Waals surface area contributed by atoms with Crippen LogP contribution in [0.15, 0.2) is 36.7 Å². The first kappa shape index (κ1) is 12.1. The molecule has 0 amide bonds. The molecule has 0 saturated carbocycles. The van der Waals surface area contributed by atoms with Gasteiger partial charge >= 0.3 is 0 Å². The number of aromatic nitrogens is 2. The lowest BCUT2D eigenvalue weighted by atomic mass is 10.2. The van der Waals surface area contributed by atoms with Gasteiger partial charge in [-0.05, 0) is 17.7 Å². The van der Waals surface area contributed by atoms with Gasteiger partial charge in [0.05, 0.1) is 23.8 Å². The Morgan fingerprint density at radius 3 is 2.56 bits per heavy atom. The van der Waals surface area contributed by atoms with Gasteiger partial charge in [-0.25, -0.2) is 4.68 Å². The van der Waals surface area contributed by atoms with Crippen LogP contribution in [0.4, 0.5) is 11.4 Å². The molecule has 1 aromatic heterocycles. The van der Waals surface area contributed by atoms with E-state index in [-0.39, 0.29) is 5.96 Å². The number of hydrogen-bond donors (Lipinski definition) is 4. The molecule has 0 aliphatic carbocycles. The van der Waals surface area contributed by atoms with Crippen molar-refractivity contribution in [3.8, 4) is 0 Å². The first-order chi connectivity index (χ1) is 8.61. The first-order valence-electron chi connectivity index (χ1n) is 5.29. The Hall–Kier alpha value is -2.38. The van der Waals surface area contributed by atoms with Crippen LogP contribution in [0, 0.1) is 5.41 Å². The summed E-state index contributed by atoms with van der Waals surface area (Å²) >= 11 is 0. The van der Waals surface area contributed by atoms with E-state index in [1.54, 1.807) is 24.3 Å². The molecule has 1 heterocycles. The first-order valence-corrected chi connectivity index (χ1v) is 5.29. The van der Waals surface area contributed by atoms with Crippen LogP contribution in [0.1, 0.15) is 5.56 Å². The molecule has 7 nitrogen and oxygen atoms in total. The van der Waals surface area contributed by atoms with Crippen molar-refractivity contribution >= 4 is 17.3 Å². The van der Waals surface area contributed by atoms with E-state index in [0.29, 0.717) is 23.0 Å². The summed E-state index contributed by atoms with van der Waals surface area (Å²) in [5.74, 6) is -0.216. The maximum Gasteiger partial charge on any atom is 0.248 e. The summed E-state index contributed by atoms with van der Waals surface area (Å²) in [6.45, 7) is 0.429. The molecule has 0 spiro atoms. The Balaban J connectivity index is 2.19. The highest BCUT2D eigenvalue weighted by molar-refractivity contribution is 5.92. The van der Waals surface area contributed by atoms with Crippen LogP contribution in [-0.4, -0.2) is 20.9 Å². The number of nitrogens with zero attached hydrogens (tertiary/aromatic N) is 3.